The zero-order valence-corrected chi connectivity index (χ0v) is 11.8. The summed E-state index contributed by atoms with van der Waals surface area (Å²) >= 11 is 13.4. The number of likely N-dealkylation sites (tertiary alicyclic amines) is 1. The minimum Gasteiger partial charge on any atom is -0.334 e. The summed E-state index contributed by atoms with van der Waals surface area (Å²) in [6.45, 7) is 0.796. The number of carbonyl (C=O) groups is 1. The van der Waals surface area contributed by atoms with Crippen molar-refractivity contribution in [2.75, 3.05) is 12.4 Å². The van der Waals surface area contributed by atoms with Gasteiger partial charge in [-0.1, -0.05) is 24.4 Å². The van der Waals surface area contributed by atoms with Gasteiger partial charge in [0.25, 0.3) is 5.91 Å². The van der Waals surface area contributed by atoms with Crippen LogP contribution in [0.5, 0.6) is 0 Å². The highest BCUT2D eigenvalue weighted by molar-refractivity contribution is 7.12. The molecule has 2 heterocycles. The normalized spacial score (nSPS) is 21.3. The molecule has 0 radical (unpaired) electrons. The standard InChI is InChI=1S/C12H15Cl2NOS/c13-8-9-4-2-1-3-6-15(9)12(16)11-10(14)5-7-17-11/h5,7,9H,1-4,6,8H2. The van der Waals surface area contributed by atoms with Crippen LogP contribution in [0.2, 0.25) is 5.02 Å². The van der Waals surface area contributed by atoms with Gasteiger partial charge in [0.1, 0.15) is 4.88 Å². The average molecular weight is 292 g/mol. The van der Waals surface area contributed by atoms with E-state index in [1.165, 1.54) is 17.8 Å². The van der Waals surface area contributed by atoms with Gasteiger partial charge in [-0.15, -0.1) is 22.9 Å². The number of hydrogen-bond acceptors (Lipinski definition) is 2. The lowest BCUT2D eigenvalue weighted by molar-refractivity contribution is 0.0705. The van der Waals surface area contributed by atoms with Crippen LogP contribution in [0, 0.1) is 0 Å². The monoisotopic (exact) mass is 291 g/mol. The molecule has 2 rings (SSSR count). The van der Waals surface area contributed by atoms with Crippen molar-refractivity contribution in [1.82, 2.24) is 4.90 Å². The van der Waals surface area contributed by atoms with Crippen molar-refractivity contribution in [1.29, 1.82) is 0 Å². The lowest BCUT2D eigenvalue weighted by Crippen LogP contribution is -2.40. The van der Waals surface area contributed by atoms with E-state index in [-0.39, 0.29) is 11.9 Å². The van der Waals surface area contributed by atoms with Crippen molar-refractivity contribution in [2.24, 2.45) is 0 Å². The van der Waals surface area contributed by atoms with Crippen molar-refractivity contribution >= 4 is 40.4 Å². The zero-order chi connectivity index (χ0) is 12.3. The second-order valence-electron chi connectivity index (χ2n) is 4.25. The van der Waals surface area contributed by atoms with Crippen molar-refractivity contribution in [3.05, 3.63) is 21.3 Å². The summed E-state index contributed by atoms with van der Waals surface area (Å²) in [5.74, 6) is 0.548. The fourth-order valence-electron chi connectivity index (χ4n) is 2.18. The first kappa shape index (κ1) is 13.2. The molecule has 0 N–H and O–H groups in total. The Balaban J connectivity index is 2.18. The molecule has 5 heteroatoms. The molecule has 1 unspecified atom stereocenters. The van der Waals surface area contributed by atoms with Crippen LogP contribution in [0.25, 0.3) is 0 Å². The maximum atomic E-state index is 12.4. The summed E-state index contributed by atoms with van der Waals surface area (Å²) in [5, 5.41) is 2.40. The lowest BCUT2D eigenvalue weighted by Gasteiger charge is -2.28. The van der Waals surface area contributed by atoms with Crippen LogP contribution in [0.1, 0.15) is 35.4 Å². The van der Waals surface area contributed by atoms with Gasteiger partial charge in [-0.2, -0.15) is 0 Å². The van der Waals surface area contributed by atoms with E-state index in [1.807, 2.05) is 10.3 Å². The number of nitrogens with zero attached hydrogens (tertiary/aromatic N) is 1. The molecule has 0 aliphatic carbocycles. The van der Waals surface area contributed by atoms with Crippen molar-refractivity contribution in [2.45, 2.75) is 31.7 Å². The Morgan fingerprint density at radius 2 is 2.29 bits per heavy atom. The maximum Gasteiger partial charge on any atom is 0.265 e. The number of alkyl halides is 1. The SMILES string of the molecule is O=C(c1sccc1Cl)N1CCCCCC1CCl. The predicted octanol–water partition coefficient (Wildman–Crippen LogP) is 4.03. The maximum absolute atomic E-state index is 12.4. The Morgan fingerprint density at radius 1 is 1.47 bits per heavy atom. The molecule has 0 bridgehead atoms. The summed E-state index contributed by atoms with van der Waals surface area (Å²) in [5.41, 5.74) is 0. The number of amides is 1. The first-order chi connectivity index (χ1) is 8.24. The van der Waals surface area contributed by atoms with Gasteiger partial charge in [-0.25, -0.2) is 0 Å². The van der Waals surface area contributed by atoms with Gasteiger partial charge < -0.3 is 4.90 Å². The number of carbonyl (C=O) groups excluding carboxylic acids is 1. The summed E-state index contributed by atoms with van der Waals surface area (Å²) in [4.78, 5) is 14.9. The van der Waals surface area contributed by atoms with Crippen molar-refractivity contribution in [3.63, 3.8) is 0 Å². The molecule has 17 heavy (non-hydrogen) atoms. The van der Waals surface area contributed by atoms with Crippen LogP contribution in [-0.2, 0) is 0 Å². The highest BCUT2D eigenvalue weighted by atomic mass is 35.5. The summed E-state index contributed by atoms with van der Waals surface area (Å²) in [6.07, 6.45) is 4.38. The third-order valence-electron chi connectivity index (χ3n) is 3.13. The fourth-order valence-corrected chi connectivity index (χ4v) is 3.59. The van der Waals surface area contributed by atoms with E-state index in [0.29, 0.717) is 15.8 Å². The number of thiophene rings is 1. The molecule has 94 valence electrons. The molecule has 1 aliphatic heterocycles. The highest BCUT2D eigenvalue weighted by Gasteiger charge is 2.27. The van der Waals surface area contributed by atoms with Gasteiger partial charge in [-0.3, -0.25) is 4.79 Å². The first-order valence-corrected chi connectivity index (χ1v) is 7.63. The van der Waals surface area contributed by atoms with Crippen LogP contribution < -0.4 is 0 Å². The van der Waals surface area contributed by atoms with Crippen LogP contribution in [0.15, 0.2) is 11.4 Å². The number of rotatable bonds is 2. The Morgan fingerprint density at radius 3 is 2.94 bits per heavy atom. The largest absolute Gasteiger partial charge is 0.334 e. The Hall–Kier alpha value is -0.250. The van der Waals surface area contributed by atoms with Gasteiger partial charge >= 0.3 is 0 Å². The van der Waals surface area contributed by atoms with Gasteiger partial charge in [0, 0.05) is 18.5 Å². The Labute approximate surface area is 116 Å². The molecule has 0 saturated carbocycles. The third-order valence-corrected chi connectivity index (χ3v) is 4.81. The van der Waals surface area contributed by atoms with Crippen LogP contribution in [0.3, 0.4) is 0 Å². The number of halogens is 2. The Kier molecular flexibility index (Phi) is 4.71. The molecular weight excluding hydrogens is 277 g/mol. The molecule has 0 spiro atoms. The first-order valence-electron chi connectivity index (χ1n) is 5.84. The average Bonchev–Trinajstić information content (AvgIpc) is 2.64. The Bertz CT molecular complexity index is 394. The minimum absolute atomic E-state index is 0.0394. The van der Waals surface area contributed by atoms with Crippen molar-refractivity contribution in [3.8, 4) is 0 Å². The molecule has 1 fully saturated rings. The van der Waals surface area contributed by atoms with Crippen LogP contribution in [0.4, 0.5) is 0 Å². The molecule has 1 aliphatic rings. The van der Waals surface area contributed by atoms with E-state index in [1.54, 1.807) is 6.07 Å². The van der Waals surface area contributed by atoms with E-state index >= 15 is 0 Å². The third kappa shape index (κ3) is 2.95. The van der Waals surface area contributed by atoms with E-state index in [9.17, 15) is 4.79 Å². The molecule has 1 atom stereocenters. The second kappa shape index (κ2) is 6.07. The molecule has 1 saturated heterocycles. The molecular formula is C12H15Cl2NOS. The van der Waals surface area contributed by atoms with E-state index in [0.717, 1.165) is 25.8 Å². The molecule has 1 aromatic rings. The molecule has 1 aromatic heterocycles. The van der Waals surface area contributed by atoms with Gasteiger partial charge in [-0.05, 0) is 24.3 Å². The van der Waals surface area contributed by atoms with Crippen LogP contribution in [-0.4, -0.2) is 29.3 Å². The van der Waals surface area contributed by atoms with Gasteiger partial charge in [0.15, 0.2) is 0 Å². The van der Waals surface area contributed by atoms with Crippen molar-refractivity contribution < 1.29 is 4.79 Å². The highest BCUT2D eigenvalue weighted by Crippen LogP contribution is 2.27. The summed E-state index contributed by atoms with van der Waals surface area (Å²) in [7, 11) is 0. The molecule has 2 nitrogen and oxygen atoms in total. The smallest absolute Gasteiger partial charge is 0.265 e. The van der Waals surface area contributed by atoms with Gasteiger partial charge in [0.05, 0.1) is 5.02 Å². The van der Waals surface area contributed by atoms with Gasteiger partial charge in [0.2, 0.25) is 0 Å². The zero-order valence-electron chi connectivity index (χ0n) is 9.49. The molecule has 1 amide bonds. The molecule has 0 aromatic carbocycles. The second-order valence-corrected chi connectivity index (χ2v) is 5.89. The van der Waals surface area contributed by atoms with E-state index in [2.05, 4.69) is 0 Å². The quantitative estimate of drug-likeness (QED) is 0.754. The lowest BCUT2D eigenvalue weighted by atomic mass is 10.1. The van der Waals surface area contributed by atoms with E-state index in [4.69, 9.17) is 23.2 Å². The summed E-state index contributed by atoms with van der Waals surface area (Å²) in [6, 6.07) is 1.93. The fraction of sp³-hybridized carbons (Fsp3) is 0.583. The minimum atomic E-state index is 0.0394. The summed E-state index contributed by atoms with van der Waals surface area (Å²) < 4.78 is 0. The topological polar surface area (TPSA) is 20.3 Å². The predicted molar refractivity (Wildman–Crippen MR) is 73.3 cm³/mol. The van der Waals surface area contributed by atoms with E-state index < -0.39 is 0 Å². The number of hydrogen-bond donors (Lipinski definition) is 0. The van der Waals surface area contributed by atoms with Crippen LogP contribution >= 0.6 is 34.5 Å².